The highest BCUT2D eigenvalue weighted by Crippen LogP contribution is 2.56. The molecule has 0 radical (unpaired) electrons. The Bertz CT molecular complexity index is 849. The highest BCUT2D eigenvalue weighted by molar-refractivity contribution is 5.87. The summed E-state index contributed by atoms with van der Waals surface area (Å²) in [6.45, 7) is 10.2. The maximum Gasteiger partial charge on any atom is 0.326 e. The molecule has 0 aromatic heterocycles. The lowest BCUT2D eigenvalue weighted by Gasteiger charge is -2.38. The summed E-state index contributed by atoms with van der Waals surface area (Å²) in [6.07, 6.45) is 5.51. The lowest BCUT2D eigenvalue weighted by atomic mass is 9.65. The van der Waals surface area contributed by atoms with Crippen molar-refractivity contribution < 1.29 is 29.3 Å². The molecule has 1 fully saturated rings. The molecule has 0 spiro atoms. The molecule has 0 aliphatic heterocycles. The zero-order valence-corrected chi connectivity index (χ0v) is 21.2. The van der Waals surface area contributed by atoms with Crippen LogP contribution in [0.25, 0.3) is 0 Å². The molecule has 7 nitrogen and oxygen atoms in total. The number of hydrogen-bond donors (Lipinski definition) is 3. The topological polar surface area (TPSA) is 113 Å². The van der Waals surface area contributed by atoms with Crippen LogP contribution in [0.4, 0.5) is 0 Å². The van der Waals surface area contributed by atoms with Gasteiger partial charge in [0.15, 0.2) is 0 Å². The van der Waals surface area contributed by atoms with Gasteiger partial charge in [-0.25, -0.2) is 4.79 Å². The number of nitrogens with one attached hydrogen (secondary N) is 1. The standard InChI is InChI=1S/C27H41NO6/c1-6-8-9-18(7-2)17-34-20-12-10-19(11-13-20)16-22(24(30)31)28-23(29)21-14-15-27(5,25(32)33)26(21,3)4/h10-13,18,21-22H,6-9,14-17H2,1-5H3,(H,28,29)(H,30,31)(H,32,33)/t18?,21-,22+,27+/m1/s1. The average Bonchev–Trinajstić information content (AvgIpc) is 3.04. The Labute approximate surface area is 203 Å². The molecule has 3 N–H and O–H groups in total. The molecule has 1 unspecified atom stereocenters. The van der Waals surface area contributed by atoms with Gasteiger partial charge in [0.2, 0.25) is 5.91 Å². The third kappa shape index (κ3) is 6.30. The van der Waals surface area contributed by atoms with Crippen LogP contribution >= 0.6 is 0 Å². The fourth-order valence-electron chi connectivity index (χ4n) is 4.88. The minimum Gasteiger partial charge on any atom is -0.493 e. The van der Waals surface area contributed by atoms with Crippen molar-refractivity contribution >= 4 is 17.8 Å². The molecule has 7 heteroatoms. The van der Waals surface area contributed by atoms with Crippen LogP contribution in [0, 0.1) is 22.7 Å². The molecule has 1 amide bonds. The van der Waals surface area contributed by atoms with Gasteiger partial charge in [0.05, 0.1) is 12.0 Å². The first-order valence-electron chi connectivity index (χ1n) is 12.4. The van der Waals surface area contributed by atoms with Gasteiger partial charge in [-0.05, 0) is 55.2 Å². The zero-order chi connectivity index (χ0) is 25.5. The minimum absolute atomic E-state index is 0.138. The summed E-state index contributed by atoms with van der Waals surface area (Å²) >= 11 is 0. The first-order chi connectivity index (χ1) is 16.0. The van der Waals surface area contributed by atoms with E-state index < -0.39 is 40.6 Å². The van der Waals surface area contributed by atoms with Crippen LogP contribution < -0.4 is 10.1 Å². The molecular formula is C27H41NO6. The Balaban J connectivity index is 1.99. The molecule has 1 aliphatic rings. The number of carbonyl (C=O) groups is 3. The first kappa shape index (κ1) is 27.7. The second-order valence-corrected chi connectivity index (χ2v) is 10.4. The number of carboxylic acid groups (broad SMARTS) is 2. The number of rotatable bonds is 13. The maximum atomic E-state index is 13.0. The highest BCUT2D eigenvalue weighted by atomic mass is 16.5. The molecule has 1 aliphatic carbocycles. The molecule has 1 aromatic rings. The van der Waals surface area contributed by atoms with E-state index in [0.717, 1.165) is 24.2 Å². The van der Waals surface area contributed by atoms with Crippen LogP contribution in [0.3, 0.4) is 0 Å². The number of aliphatic carboxylic acids is 2. The van der Waals surface area contributed by atoms with Gasteiger partial charge < -0.3 is 20.3 Å². The normalized spacial score (nSPS) is 23.1. The van der Waals surface area contributed by atoms with E-state index in [-0.39, 0.29) is 6.42 Å². The molecule has 4 atom stereocenters. The Kier molecular flexibility index (Phi) is 9.54. The third-order valence-corrected chi connectivity index (χ3v) is 8.02. The molecule has 0 saturated heterocycles. The zero-order valence-electron chi connectivity index (χ0n) is 21.2. The summed E-state index contributed by atoms with van der Waals surface area (Å²) < 4.78 is 5.92. The number of carboxylic acids is 2. The van der Waals surface area contributed by atoms with Crippen molar-refractivity contribution in [1.29, 1.82) is 0 Å². The lowest BCUT2D eigenvalue weighted by Crippen LogP contribution is -2.49. The van der Waals surface area contributed by atoms with E-state index in [2.05, 4.69) is 19.2 Å². The van der Waals surface area contributed by atoms with Crippen LogP contribution in [-0.4, -0.2) is 40.7 Å². The number of amides is 1. The van der Waals surface area contributed by atoms with Crippen LogP contribution in [0.15, 0.2) is 24.3 Å². The van der Waals surface area contributed by atoms with Gasteiger partial charge >= 0.3 is 11.9 Å². The van der Waals surface area contributed by atoms with Gasteiger partial charge in [0, 0.05) is 12.3 Å². The van der Waals surface area contributed by atoms with Gasteiger partial charge in [-0.15, -0.1) is 0 Å². The monoisotopic (exact) mass is 475 g/mol. The third-order valence-electron chi connectivity index (χ3n) is 8.02. The summed E-state index contributed by atoms with van der Waals surface area (Å²) in [6, 6.07) is 6.23. The van der Waals surface area contributed by atoms with E-state index >= 15 is 0 Å². The minimum atomic E-state index is -1.12. The Morgan fingerprint density at radius 2 is 1.76 bits per heavy atom. The van der Waals surface area contributed by atoms with E-state index in [1.807, 2.05) is 24.3 Å². The first-order valence-corrected chi connectivity index (χ1v) is 12.4. The van der Waals surface area contributed by atoms with Crippen molar-refractivity contribution in [3.8, 4) is 5.75 Å². The van der Waals surface area contributed by atoms with Gasteiger partial charge in [0.1, 0.15) is 11.8 Å². The molecule has 0 bridgehead atoms. The number of hydrogen-bond acceptors (Lipinski definition) is 4. The Morgan fingerprint density at radius 1 is 1.12 bits per heavy atom. The van der Waals surface area contributed by atoms with Crippen molar-refractivity contribution in [2.45, 2.75) is 85.6 Å². The van der Waals surface area contributed by atoms with Crippen molar-refractivity contribution in [3.63, 3.8) is 0 Å². The van der Waals surface area contributed by atoms with Crippen molar-refractivity contribution in [2.24, 2.45) is 22.7 Å². The predicted molar refractivity (Wildman–Crippen MR) is 131 cm³/mol. The van der Waals surface area contributed by atoms with Crippen LogP contribution in [0.2, 0.25) is 0 Å². The van der Waals surface area contributed by atoms with Crippen molar-refractivity contribution in [1.82, 2.24) is 5.32 Å². The van der Waals surface area contributed by atoms with Gasteiger partial charge in [0.25, 0.3) is 0 Å². The van der Waals surface area contributed by atoms with Crippen molar-refractivity contribution in [3.05, 3.63) is 29.8 Å². The quantitative estimate of drug-likeness (QED) is 0.373. The van der Waals surface area contributed by atoms with E-state index in [9.17, 15) is 24.6 Å². The number of ether oxygens (including phenoxy) is 1. The van der Waals surface area contributed by atoms with E-state index in [0.29, 0.717) is 25.4 Å². The Hall–Kier alpha value is -2.57. The van der Waals surface area contributed by atoms with E-state index in [1.165, 1.54) is 12.8 Å². The van der Waals surface area contributed by atoms with Crippen LogP contribution in [0.1, 0.15) is 78.7 Å². The predicted octanol–water partition coefficient (Wildman–Crippen LogP) is 4.92. The molecule has 190 valence electrons. The second-order valence-electron chi connectivity index (χ2n) is 10.4. The van der Waals surface area contributed by atoms with E-state index in [4.69, 9.17) is 4.74 Å². The number of carbonyl (C=O) groups excluding carboxylic acids is 1. The van der Waals surface area contributed by atoms with Crippen molar-refractivity contribution in [2.75, 3.05) is 6.61 Å². The summed E-state index contributed by atoms with van der Waals surface area (Å²) in [5.74, 6) is -1.75. The van der Waals surface area contributed by atoms with Gasteiger partial charge in [-0.2, -0.15) is 0 Å². The van der Waals surface area contributed by atoms with Crippen LogP contribution in [-0.2, 0) is 20.8 Å². The molecule has 2 rings (SSSR count). The summed E-state index contributed by atoms with van der Waals surface area (Å²) in [5.41, 5.74) is -1.05. The highest BCUT2D eigenvalue weighted by Gasteiger charge is 2.58. The average molecular weight is 476 g/mol. The molecule has 34 heavy (non-hydrogen) atoms. The van der Waals surface area contributed by atoms with Gasteiger partial charge in [-0.3, -0.25) is 9.59 Å². The Morgan fingerprint density at radius 3 is 2.26 bits per heavy atom. The smallest absolute Gasteiger partial charge is 0.326 e. The summed E-state index contributed by atoms with van der Waals surface area (Å²) in [5, 5.41) is 22.0. The van der Waals surface area contributed by atoms with E-state index in [1.54, 1.807) is 20.8 Å². The largest absolute Gasteiger partial charge is 0.493 e. The molecule has 1 aromatic carbocycles. The maximum absolute atomic E-state index is 13.0. The molecule has 1 saturated carbocycles. The fraction of sp³-hybridized carbons (Fsp3) is 0.667. The molecule has 0 heterocycles. The molecular weight excluding hydrogens is 434 g/mol. The second kappa shape index (κ2) is 11.7. The lowest BCUT2D eigenvalue weighted by molar-refractivity contribution is -0.155. The van der Waals surface area contributed by atoms with Crippen LogP contribution in [0.5, 0.6) is 5.75 Å². The van der Waals surface area contributed by atoms with Gasteiger partial charge in [-0.1, -0.05) is 59.1 Å². The number of unbranched alkanes of at least 4 members (excludes halogenated alkanes) is 1. The SMILES string of the molecule is CCCCC(CC)COc1ccc(C[C@H](NC(=O)[C@H]2CC[C@@](C)(C(=O)O)C2(C)C)C(=O)O)cc1. The fourth-order valence-corrected chi connectivity index (χ4v) is 4.88. The number of benzene rings is 1. The summed E-state index contributed by atoms with van der Waals surface area (Å²) in [4.78, 5) is 36.7. The summed E-state index contributed by atoms with van der Waals surface area (Å²) in [7, 11) is 0.